The summed E-state index contributed by atoms with van der Waals surface area (Å²) in [5.74, 6) is -0.274. The minimum atomic E-state index is -0.448. The maximum absolute atomic E-state index is 13.1. The number of methoxy groups -OCH3 is 1. The van der Waals surface area contributed by atoms with E-state index in [1.165, 1.54) is 19.2 Å². The first-order valence-electron chi connectivity index (χ1n) is 3.58. The van der Waals surface area contributed by atoms with Gasteiger partial charge in [-0.3, -0.25) is 0 Å². The average molecular weight is 244 g/mol. The van der Waals surface area contributed by atoms with Crippen molar-refractivity contribution in [3.05, 3.63) is 28.0 Å². The van der Waals surface area contributed by atoms with Crippen molar-refractivity contribution in [3.63, 3.8) is 0 Å². The lowest BCUT2D eigenvalue weighted by Gasteiger charge is -2.05. The molecule has 0 aliphatic heterocycles. The van der Waals surface area contributed by atoms with Gasteiger partial charge in [0, 0.05) is 4.47 Å². The first-order valence-corrected chi connectivity index (χ1v) is 4.37. The third-order valence-electron chi connectivity index (χ3n) is 1.59. The lowest BCUT2D eigenvalue weighted by molar-refractivity contribution is 0.386. The molecule has 0 radical (unpaired) electrons. The molecule has 1 rings (SSSR count). The molecule has 0 amide bonds. The molecule has 2 nitrogen and oxygen atoms in total. The molecule has 0 atom stereocenters. The SMILES string of the molecule is COc1cc(Br)c(CC#N)cc1F. The van der Waals surface area contributed by atoms with Gasteiger partial charge in [0.15, 0.2) is 11.6 Å². The van der Waals surface area contributed by atoms with E-state index in [-0.39, 0.29) is 12.2 Å². The molecule has 13 heavy (non-hydrogen) atoms. The molecule has 0 aliphatic rings. The third-order valence-corrected chi connectivity index (χ3v) is 2.33. The molecule has 0 heterocycles. The maximum Gasteiger partial charge on any atom is 0.165 e. The maximum atomic E-state index is 13.1. The van der Waals surface area contributed by atoms with Crippen LogP contribution in [-0.4, -0.2) is 7.11 Å². The van der Waals surface area contributed by atoms with Crippen LogP contribution < -0.4 is 4.74 Å². The Bertz CT molecular complexity index is 359. The summed E-state index contributed by atoms with van der Waals surface area (Å²) in [4.78, 5) is 0. The van der Waals surface area contributed by atoms with E-state index >= 15 is 0 Å². The summed E-state index contributed by atoms with van der Waals surface area (Å²) in [5, 5.41) is 8.44. The number of nitriles is 1. The second kappa shape index (κ2) is 4.24. The van der Waals surface area contributed by atoms with E-state index in [0.29, 0.717) is 10.0 Å². The smallest absolute Gasteiger partial charge is 0.165 e. The van der Waals surface area contributed by atoms with Crippen molar-refractivity contribution in [3.8, 4) is 11.8 Å². The second-order valence-electron chi connectivity index (χ2n) is 2.41. The van der Waals surface area contributed by atoms with Gasteiger partial charge in [-0.25, -0.2) is 4.39 Å². The zero-order chi connectivity index (χ0) is 9.84. The third kappa shape index (κ3) is 2.19. The molecule has 0 unspecified atom stereocenters. The van der Waals surface area contributed by atoms with Crippen LogP contribution in [0.4, 0.5) is 4.39 Å². The highest BCUT2D eigenvalue weighted by Crippen LogP contribution is 2.26. The van der Waals surface area contributed by atoms with Gasteiger partial charge in [0.25, 0.3) is 0 Å². The standard InChI is InChI=1S/C9H7BrFNO/c1-13-9-5-7(10)6(2-3-12)4-8(9)11/h4-5H,2H2,1H3. The van der Waals surface area contributed by atoms with Gasteiger partial charge in [0.05, 0.1) is 19.6 Å². The summed E-state index contributed by atoms with van der Waals surface area (Å²) in [5.41, 5.74) is 0.626. The fourth-order valence-electron chi connectivity index (χ4n) is 0.947. The number of hydrogen-bond donors (Lipinski definition) is 0. The largest absolute Gasteiger partial charge is 0.494 e. The highest BCUT2D eigenvalue weighted by atomic mass is 79.9. The minimum Gasteiger partial charge on any atom is -0.494 e. The Hall–Kier alpha value is -1.08. The molecule has 0 saturated heterocycles. The fourth-order valence-corrected chi connectivity index (χ4v) is 1.41. The van der Waals surface area contributed by atoms with Crippen LogP contribution in [0.5, 0.6) is 5.75 Å². The summed E-state index contributed by atoms with van der Waals surface area (Å²) in [6.45, 7) is 0. The van der Waals surface area contributed by atoms with Crippen LogP contribution in [0.1, 0.15) is 5.56 Å². The quantitative estimate of drug-likeness (QED) is 0.801. The van der Waals surface area contributed by atoms with E-state index < -0.39 is 5.82 Å². The van der Waals surface area contributed by atoms with Crippen molar-refractivity contribution in [1.29, 1.82) is 5.26 Å². The Kier molecular flexibility index (Phi) is 3.26. The molecule has 68 valence electrons. The first kappa shape index (κ1) is 10.0. The number of ether oxygens (including phenoxy) is 1. The predicted molar refractivity (Wildman–Crippen MR) is 50.0 cm³/mol. The number of hydrogen-bond acceptors (Lipinski definition) is 2. The van der Waals surface area contributed by atoms with Crippen LogP contribution >= 0.6 is 15.9 Å². The topological polar surface area (TPSA) is 33.0 Å². The molecule has 4 heteroatoms. The molecule has 1 aromatic rings. The van der Waals surface area contributed by atoms with Gasteiger partial charge < -0.3 is 4.74 Å². The summed E-state index contributed by atoms with van der Waals surface area (Å²) in [7, 11) is 1.40. The Morgan fingerprint density at radius 1 is 1.62 bits per heavy atom. The van der Waals surface area contributed by atoms with Crippen LogP contribution in [0.2, 0.25) is 0 Å². The molecule has 0 fully saturated rings. The van der Waals surface area contributed by atoms with Crippen molar-refractivity contribution >= 4 is 15.9 Å². The lowest BCUT2D eigenvalue weighted by Crippen LogP contribution is -1.92. The fraction of sp³-hybridized carbons (Fsp3) is 0.222. The minimum absolute atomic E-state index is 0.175. The van der Waals surface area contributed by atoms with Crippen molar-refractivity contribution in [2.24, 2.45) is 0 Å². The summed E-state index contributed by atoms with van der Waals surface area (Å²) in [6, 6.07) is 4.77. The molecule has 0 aliphatic carbocycles. The van der Waals surface area contributed by atoms with Crippen LogP contribution in [0.3, 0.4) is 0 Å². The highest BCUT2D eigenvalue weighted by molar-refractivity contribution is 9.10. The van der Waals surface area contributed by atoms with Gasteiger partial charge in [-0.15, -0.1) is 0 Å². The first-order chi connectivity index (χ1) is 6.19. The van der Waals surface area contributed by atoms with Gasteiger partial charge in [0.1, 0.15) is 0 Å². The van der Waals surface area contributed by atoms with Gasteiger partial charge >= 0.3 is 0 Å². The number of rotatable bonds is 2. The van der Waals surface area contributed by atoms with E-state index in [1.807, 2.05) is 6.07 Å². The van der Waals surface area contributed by atoms with Crippen LogP contribution in [0, 0.1) is 17.1 Å². The summed E-state index contributed by atoms with van der Waals surface area (Å²) < 4.78 is 18.6. The van der Waals surface area contributed by atoms with Gasteiger partial charge in [-0.2, -0.15) is 5.26 Å². The van der Waals surface area contributed by atoms with Gasteiger partial charge in [0.2, 0.25) is 0 Å². The van der Waals surface area contributed by atoms with Crippen molar-refractivity contribution in [2.45, 2.75) is 6.42 Å². The summed E-state index contributed by atoms with van der Waals surface area (Å²) in [6.07, 6.45) is 0.182. The zero-order valence-corrected chi connectivity index (χ0v) is 8.56. The molecule has 0 spiro atoms. The molecule has 0 aromatic heterocycles. The molecular formula is C9H7BrFNO. The van der Waals surface area contributed by atoms with Crippen molar-refractivity contribution in [2.75, 3.05) is 7.11 Å². The van der Waals surface area contributed by atoms with E-state index in [0.717, 1.165) is 0 Å². The van der Waals surface area contributed by atoms with E-state index in [4.69, 9.17) is 10.00 Å². The number of halogens is 2. The lowest BCUT2D eigenvalue weighted by atomic mass is 10.1. The molecule has 0 bridgehead atoms. The molecule has 0 saturated carbocycles. The summed E-state index contributed by atoms with van der Waals surface area (Å²) >= 11 is 3.23. The Morgan fingerprint density at radius 3 is 2.85 bits per heavy atom. The van der Waals surface area contributed by atoms with Gasteiger partial charge in [-0.1, -0.05) is 15.9 Å². The monoisotopic (exact) mass is 243 g/mol. The zero-order valence-electron chi connectivity index (χ0n) is 6.97. The van der Waals surface area contributed by atoms with E-state index in [1.54, 1.807) is 0 Å². The van der Waals surface area contributed by atoms with Crippen molar-refractivity contribution in [1.82, 2.24) is 0 Å². The van der Waals surface area contributed by atoms with Gasteiger partial charge in [-0.05, 0) is 17.7 Å². The Labute approximate surface area is 84.1 Å². The highest BCUT2D eigenvalue weighted by Gasteiger charge is 2.07. The van der Waals surface area contributed by atoms with E-state index in [2.05, 4.69) is 15.9 Å². The molecule has 1 aromatic carbocycles. The van der Waals surface area contributed by atoms with Crippen LogP contribution in [0.15, 0.2) is 16.6 Å². The van der Waals surface area contributed by atoms with Crippen molar-refractivity contribution < 1.29 is 9.13 Å². The number of nitrogens with zero attached hydrogens (tertiary/aromatic N) is 1. The molecule has 0 N–H and O–H groups in total. The average Bonchev–Trinajstić information content (AvgIpc) is 2.11. The Balaban J connectivity index is 3.14. The van der Waals surface area contributed by atoms with Crippen LogP contribution in [0.25, 0.3) is 0 Å². The predicted octanol–water partition coefficient (Wildman–Crippen LogP) is 2.66. The number of benzene rings is 1. The Morgan fingerprint density at radius 2 is 2.31 bits per heavy atom. The van der Waals surface area contributed by atoms with Crippen LogP contribution in [-0.2, 0) is 6.42 Å². The normalized spacial score (nSPS) is 9.38. The molecular weight excluding hydrogens is 237 g/mol. The second-order valence-corrected chi connectivity index (χ2v) is 3.27. The van der Waals surface area contributed by atoms with E-state index in [9.17, 15) is 4.39 Å².